The first-order valence-electron chi connectivity index (χ1n) is 8.45. The van der Waals surface area contributed by atoms with E-state index in [0.29, 0.717) is 29.0 Å². The van der Waals surface area contributed by atoms with Crippen molar-refractivity contribution in [2.45, 2.75) is 32.8 Å². The van der Waals surface area contributed by atoms with Crippen LogP contribution >= 0.6 is 0 Å². The third kappa shape index (κ3) is 3.38. The quantitative estimate of drug-likeness (QED) is 0.800. The van der Waals surface area contributed by atoms with Crippen LogP contribution < -0.4 is 9.47 Å². The van der Waals surface area contributed by atoms with Crippen molar-refractivity contribution in [2.24, 2.45) is 0 Å². The van der Waals surface area contributed by atoms with Gasteiger partial charge in [0, 0.05) is 11.6 Å². The molecule has 3 rings (SSSR count). The van der Waals surface area contributed by atoms with Crippen molar-refractivity contribution >= 4 is 5.78 Å². The summed E-state index contributed by atoms with van der Waals surface area (Å²) in [4.78, 5) is 12.8. The molecule has 0 saturated carbocycles. The smallest absolute Gasteiger partial charge is 0.174 e. The molecule has 2 aromatic rings. The molecule has 1 heterocycles. The Morgan fingerprint density at radius 3 is 2.58 bits per heavy atom. The van der Waals surface area contributed by atoms with E-state index in [2.05, 4.69) is 0 Å². The number of rotatable bonds is 4. The summed E-state index contributed by atoms with van der Waals surface area (Å²) in [6.45, 7) is 3.94. The van der Waals surface area contributed by atoms with E-state index in [1.165, 1.54) is 13.2 Å². The predicted molar refractivity (Wildman–Crippen MR) is 98.2 cm³/mol. The Morgan fingerprint density at radius 1 is 1.27 bits per heavy atom. The van der Waals surface area contributed by atoms with Gasteiger partial charge in [-0.25, -0.2) is 0 Å². The van der Waals surface area contributed by atoms with Crippen LogP contribution in [0.15, 0.2) is 42.0 Å². The SMILES string of the molecule is COc1cc(O)c(CC=C(C)C)c2c1C(=O)C[C@@H](c1ccc(O)cc1)O2. The molecule has 1 aliphatic heterocycles. The maximum Gasteiger partial charge on any atom is 0.174 e. The molecule has 0 amide bonds. The van der Waals surface area contributed by atoms with Crippen LogP contribution in [-0.4, -0.2) is 23.1 Å². The summed E-state index contributed by atoms with van der Waals surface area (Å²) in [5.41, 5.74) is 2.83. The van der Waals surface area contributed by atoms with Gasteiger partial charge >= 0.3 is 0 Å². The number of methoxy groups -OCH3 is 1. The van der Waals surface area contributed by atoms with Crippen LogP contribution in [0, 0.1) is 0 Å². The van der Waals surface area contributed by atoms with Gasteiger partial charge in [-0.2, -0.15) is 0 Å². The molecule has 0 spiro atoms. The van der Waals surface area contributed by atoms with Gasteiger partial charge in [-0.1, -0.05) is 23.8 Å². The number of phenols is 2. The molecule has 2 aromatic carbocycles. The zero-order chi connectivity index (χ0) is 18.8. The van der Waals surface area contributed by atoms with Crippen molar-refractivity contribution in [2.75, 3.05) is 7.11 Å². The summed E-state index contributed by atoms with van der Waals surface area (Å²) in [5, 5.41) is 19.9. The molecule has 1 aliphatic rings. The van der Waals surface area contributed by atoms with Crippen molar-refractivity contribution < 1.29 is 24.5 Å². The minimum atomic E-state index is -0.479. The molecule has 0 aliphatic carbocycles. The minimum absolute atomic E-state index is 0.0391. The zero-order valence-corrected chi connectivity index (χ0v) is 15.1. The highest BCUT2D eigenvalue weighted by Crippen LogP contribution is 2.46. The maximum absolute atomic E-state index is 12.8. The first kappa shape index (κ1) is 17.9. The second kappa shape index (κ2) is 7.12. The number of benzene rings is 2. The molecule has 0 fully saturated rings. The first-order chi connectivity index (χ1) is 12.4. The third-order valence-corrected chi connectivity index (χ3v) is 4.43. The van der Waals surface area contributed by atoms with Gasteiger partial charge in [-0.3, -0.25) is 4.79 Å². The van der Waals surface area contributed by atoms with E-state index in [0.717, 1.165) is 11.1 Å². The van der Waals surface area contributed by atoms with Crippen LogP contribution in [0.2, 0.25) is 0 Å². The molecule has 2 N–H and O–H groups in total. The van der Waals surface area contributed by atoms with Gasteiger partial charge in [-0.05, 0) is 38.0 Å². The average molecular weight is 354 g/mol. The second-order valence-electron chi connectivity index (χ2n) is 6.59. The number of allylic oxidation sites excluding steroid dienone is 2. The number of fused-ring (bicyclic) bond motifs is 1. The summed E-state index contributed by atoms with van der Waals surface area (Å²) < 4.78 is 11.4. The van der Waals surface area contributed by atoms with E-state index >= 15 is 0 Å². The number of Topliss-reactive ketones (excluding diaryl/α,β-unsaturated/α-hetero) is 1. The van der Waals surface area contributed by atoms with Crippen LogP contribution in [0.1, 0.15) is 47.9 Å². The summed E-state index contributed by atoms with van der Waals surface area (Å²) in [6, 6.07) is 8.05. The first-order valence-corrected chi connectivity index (χ1v) is 8.45. The number of carbonyl (C=O) groups excluding carboxylic acids is 1. The van der Waals surface area contributed by atoms with Crippen molar-refractivity contribution in [1.29, 1.82) is 0 Å². The number of aromatic hydroxyl groups is 2. The van der Waals surface area contributed by atoms with Gasteiger partial charge < -0.3 is 19.7 Å². The van der Waals surface area contributed by atoms with E-state index in [9.17, 15) is 15.0 Å². The largest absolute Gasteiger partial charge is 0.508 e. The summed E-state index contributed by atoms with van der Waals surface area (Å²) in [5.74, 6) is 0.776. The van der Waals surface area contributed by atoms with E-state index in [1.54, 1.807) is 24.3 Å². The Balaban J connectivity index is 2.09. The minimum Gasteiger partial charge on any atom is -0.508 e. The Hall–Kier alpha value is -2.95. The van der Waals surface area contributed by atoms with Crippen LogP contribution in [-0.2, 0) is 6.42 Å². The lowest BCUT2D eigenvalue weighted by molar-refractivity contribution is 0.0842. The Bertz CT molecular complexity index is 861. The lowest BCUT2D eigenvalue weighted by atomic mass is 9.92. The highest BCUT2D eigenvalue weighted by atomic mass is 16.5. The highest BCUT2D eigenvalue weighted by Gasteiger charge is 2.33. The number of hydrogen-bond donors (Lipinski definition) is 2. The summed E-state index contributed by atoms with van der Waals surface area (Å²) in [7, 11) is 1.46. The van der Waals surface area contributed by atoms with E-state index < -0.39 is 6.10 Å². The molecule has 26 heavy (non-hydrogen) atoms. The van der Waals surface area contributed by atoms with Crippen molar-refractivity contribution in [3.63, 3.8) is 0 Å². The molecule has 5 heteroatoms. The lowest BCUT2D eigenvalue weighted by Gasteiger charge is -2.29. The average Bonchev–Trinajstić information content (AvgIpc) is 2.60. The molecule has 0 aromatic heterocycles. The van der Waals surface area contributed by atoms with Crippen molar-refractivity contribution in [1.82, 2.24) is 0 Å². The van der Waals surface area contributed by atoms with Crippen LogP contribution in [0.3, 0.4) is 0 Å². The fourth-order valence-corrected chi connectivity index (χ4v) is 3.05. The predicted octanol–water partition coefficient (Wildman–Crippen LogP) is 4.32. The van der Waals surface area contributed by atoms with Crippen molar-refractivity contribution in [3.05, 3.63) is 58.7 Å². The lowest BCUT2D eigenvalue weighted by Crippen LogP contribution is -2.22. The van der Waals surface area contributed by atoms with E-state index in [-0.39, 0.29) is 23.7 Å². The van der Waals surface area contributed by atoms with Gasteiger partial charge in [0.15, 0.2) is 5.78 Å². The van der Waals surface area contributed by atoms with Gasteiger partial charge in [0.05, 0.1) is 13.5 Å². The van der Waals surface area contributed by atoms with Crippen LogP contribution in [0.25, 0.3) is 0 Å². The van der Waals surface area contributed by atoms with E-state index in [1.807, 2.05) is 19.9 Å². The van der Waals surface area contributed by atoms with Crippen molar-refractivity contribution in [3.8, 4) is 23.0 Å². The third-order valence-electron chi connectivity index (χ3n) is 4.43. The molecular weight excluding hydrogens is 332 g/mol. The van der Waals surface area contributed by atoms with Gasteiger partial charge in [0.1, 0.15) is 34.7 Å². The monoisotopic (exact) mass is 354 g/mol. The fourth-order valence-electron chi connectivity index (χ4n) is 3.05. The Morgan fingerprint density at radius 2 is 1.96 bits per heavy atom. The zero-order valence-electron chi connectivity index (χ0n) is 15.1. The molecule has 1 atom stereocenters. The topological polar surface area (TPSA) is 76.0 Å². The van der Waals surface area contributed by atoms with Crippen LogP contribution in [0.4, 0.5) is 0 Å². The molecular formula is C21H22O5. The van der Waals surface area contributed by atoms with Gasteiger partial charge in [-0.15, -0.1) is 0 Å². The number of ketones is 1. The molecule has 5 nitrogen and oxygen atoms in total. The van der Waals surface area contributed by atoms with Crippen LogP contribution in [0.5, 0.6) is 23.0 Å². The molecule has 0 bridgehead atoms. The normalized spacial score (nSPS) is 15.8. The number of ether oxygens (including phenoxy) is 2. The fraction of sp³-hybridized carbons (Fsp3) is 0.286. The Kier molecular flexibility index (Phi) is 4.89. The standard InChI is InChI=1S/C21H22O5/c1-12(2)4-9-15-16(23)10-19(25-3)20-17(24)11-18(26-21(15)20)13-5-7-14(22)8-6-13/h4-8,10,18,22-23H,9,11H2,1-3H3/t18-/m0/s1. The number of hydrogen-bond acceptors (Lipinski definition) is 5. The number of carbonyl (C=O) groups is 1. The summed E-state index contributed by atoms with van der Waals surface area (Å²) >= 11 is 0. The second-order valence-corrected chi connectivity index (χ2v) is 6.59. The Labute approximate surface area is 152 Å². The highest BCUT2D eigenvalue weighted by molar-refractivity contribution is 6.03. The molecule has 0 radical (unpaired) electrons. The molecule has 136 valence electrons. The van der Waals surface area contributed by atoms with E-state index in [4.69, 9.17) is 9.47 Å². The number of phenolic OH excluding ortho intramolecular Hbond substituents is 2. The summed E-state index contributed by atoms with van der Waals surface area (Å²) in [6.07, 6.45) is 2.12. The van der Waals surface area contributed by atoms with Gasteiger partial charge in [0.2, 0.25) is 0 Å². The van der Waals surface area contributed by atoms with Gasteiger partial charge in [0.25, 0.3) is 0 Å². The molecule has 0 unspecified atom stereocenters. The maximum atomic E-state index is 12.8. The molecule has 0 saturated heterocycles.